The standard InChI is InChI=1S/C15H19ClN4/c1-9-6-12-13(7-10(9)2)19-15(16)20-14(12)18-11-4-3-5-17-8-11/h6-7,11,17H,3-5,8H2,1-2H3,(H,18,19,20)/t11-/m0/s1. The number of fused-ring (bicyclic) bond motifs is 1. The summed E-state index contributed by atoms with van der Waals surface area (Å²) in [5.74, 6) is 0.844. The van der Waals surface area contributed by atoms with Gasteiger partial charge in [0.1, 0.15) is 5.82 Å². The van der Waals surface area contributed by atoms with E-state index in [-0.39, 0.29) is 0 Å². The van der Waals surface area contributed by atoms with Crippen LogP contribution in [0.5, 0.6) is 0 Å². The third-order valence-corrected chi connectivity index (χ3v) is 4.09. The molecule has 1 atom stereocenters. The highest BCUT2D eigenvalue weighted by Crippen LogP contribution is 2.26. The highest BCUT2D eigenvalue weighted by atomic mass is 35.5. The number of hydrogen-bond donors (Lipinski definition) is 2. The smallest absolute Gasteiger partial charge is 0.224 e. The molecule has 1 aliphatic heterocycles. The SMILES string of the molecule is Cc1cc2nc(Cl)nc(N[C@H]3CCCNC3)c2cc1C. The van der Waals surface area contributed by atoms with Gasteiger partial charge in [-0.15, -0.1) is 0 Å². The predicted octanol–water partition coefficient (Wildman–Crippen LogP) is 3.06. The minimum absolute atomic E-state index is 0.298. The van der Waals surface area contributed by atoms with Crippen molar-refractivity contribution in [1.29, 1.82) is 0 Å². The van der Waals surface area contributed by atoms with Gasteiger partial charge in [0, 0.05) is 18.0 Å². The van der Waals surface area contributed by atoms with Gasteiger partial charge in [0.2, 0.25) is 5.28 Å². The van der Waals surface area contributed by atoms with E-state index >= 15 is 0 Å². The maximum atomic E-state index is 6.06. The Labute approximate surface area is 124 Å². The van der Waals surface area contributed by atoms with E-state index in [1.54, 1.807) is 0 Å². The number of nitrogens with zero attached hydrogens (tertiary/aromatic N) is 2. The Hall–Kier alpha value is -1.39. The Morgan fingerprint density at radius 1 is 1.25 bits per heavy atom. The second kappa shape index (κ2) is 5.54. The van der Waals surface area contributed by atoms with Gasteiger partial charge in [-0.25, -0.2) is 9.97 Å². The third kappa shape index (κ3) is 2.72. The van der Waals surface area contributed by atoms with Crippen molar-refractivity contribution in [2.24, 2.45) is 0 Å². The van der Waals surface area contributed by atoms with Crippen molar-refractivity contribution in [3.63, 3.8) is 0 Å². The lowest BCUT2D eigenvalue weighted by atomic mass is 10.1. The first-order valence-electron chi connectivity index (χ1n) is 7.05. The number of piperidine rings is 1. The van der Waals surface area contributed by atoms with Crippen LogP contribution in [-0.4, -0.2) is 29.1 Å². The zero-order valence-electron chi connectivity index (χ0n) is 11.8. The molecule has 0 spiro atoms. The first-order valence-corrected chi connectivity index (χ1v) is 7.43. The van der Waals surface area contributed by atoms with Gasteiger partial charge in [0.15, 0.2) is 0 Å². The van der Waals surface area contributed by atoms with E-state index in [1.165, 1.54) is 17.5 Å². The van der Waals surface area contributed by atoms with E-state index in [0.29, 0.717) is 11.3 Å². The zero-order valence-corrected chi connectivity index (χ0v) is 12.6. The number of halogens is 1. The van der Waals surface area contributed by atoms with Gasteiger partial charge in [0.25, 0.3) is 0 Å². The van der Waals surface area contributed by atoms with Crippen molar-refractivity contribution >= 4 is 28.3 Å². The number of rotatable bonds is 2. The van der Waals surface area contributed by atoms with E-state index in [4.69, 9.17) is 11.6 Å². The molecule has 0 radical (unpaired) electrons. The van der Waals surface area contributed by atoms with Crippen molar-refractivity contribution in [2.45, 2.75) is 32.7 Å². The molecule has 0 unspecified atom stereocenters. The second-order valence-corrected chi connectivity index (χ2v) is 5.82. The molecule has 0 bridgehead atoms. The second-order valence-electron chi connectivity index (χ2n) is 5.48. The van der Waals surface area contributed by atoms with E-state index in [2.05, 4.69) is 46.6 Å². The minimum Gasteiger partial charge on any atom is -0.365 e. The molecule has 1 aromatic carbocycles. The fraction of sp³-hybridized carbons (Fsp3) is 0.467. The number of anilines is 1. The van der Waals surface area contributed by atoms with Gasteiger partial charge in [0.05, 0.1) is 5.52 Å². The van der Waals surface area contributed by atoms with E-state index in [1.807, 2.05) is 0 Å². The maximum Gasteiger partial charge on any atom is 0.224 e. The number of hydrogen-bond acceptors (Lipinski definition) is 4. The molecule has 2 aromatic rings. The molecule has 1 fully saturated rings. The lowest BCUT2D eigenvalue weighted by Crippen LogP contribution is -2.38. The van der Waals surface area contributed by atoms with Gasteiger partial charge in [-0.3, -0.25) is 0 Å². The fourth-order valence-corrected chi connectivity index (χ4v) is 2.81. The predicted molar refractivity (Wildman–Crippen MR) is 83.5 cm³/mol. The lowest BCUT2D eigenvalue weighted by Gasteiger charge is -2.25. The molecule has 1 saturated heterocycles. The van der Waals surface area contributed by atoms with Crippen LogP contribution in [0.4, 0.5) is 5.82 Å². The number of aromatic nitrogens is 2. The largest absolute Gasteiger partial charge is 0.365 e. The molecule has 0 aliphatic carbocycles. The Bertz CT molecular complexity index is 635. The Morgan fingerprint density at radius 2 is 2.05 bits per heavy atom. The van der Waals surface area contributed by atoms with Crippen LogP contribution >= 0.6 is 11.6 Å². The molecule has 1 aromatic heterocycles. The van der Waals surface area contributed by atoms with E-state index in [0.717, 1.165) is 36.2 Å². The van der Waals surface area contributed by atoms with Gasteiger partial charge in [-0.05, 0) is 68.1 Å². The average Bonchev–Trinajstić information content (AvgIpc) is 2.42. The van der Waals surface area contributed by atoms with Crippen LogP contribution in [0.15, 0.2) is 12.1 Å². The van der Waals surface area contributed by atoms with Crippen LogP contribution in [0.25, 0.3) is 10.9 Å². The third-order valence-electron chi connectivity index (χ3n) is 3.92. The molecule has 20 heavy (non-hydrogen) atoms. The monoisotopic (exact) mass is 290 g/mol. The van der Waals surface area contributed by atoms with Crippen LogP contribution in [0.1, 0.15) is 24.0 Å². The number of nitrogens with one attached hydrogen (secondary N) is 2. The normalized spacial score (nSPS) is 19.2. The highest BCUT2D eigenvalue weighted by molar-refractivity contribution is 6.28. The topological polar surface area (TPSA) is 49.8 Å². The lowest BCUT2D eigenvalue weighted by molar-refractivity contribution is 0.479. The molecule has 3 rings (SSSR count). The van der Waals surface area contributed by atoms with Crippen LogP contribution in [0, 0.1) is 13.8 Å². The van der Waals surface area contributed by atoms with Crippen molar-refractivity contribution in [2.75, 3.05) is 18.4 Å². The summed E-state index contributed by atoms with van der Waals surface area (Å²) in [6, 6.07) is 4.61. The van der Waals surface area contributed by atoms with Crippen molar-refractivity contribution in [1.82, 2.24) is 15.3 Å². The molecule has 2 heterocycles. The van der Waals surface area contributed by atoms with Crippen molar-refractivity contribution in [3.05, 3.63) is 28.5 Å². The van der Waals surface area contributed by atoms with Crippen LogP contribution < -0.4 is 10.6 Å². The summed E-state index contributed by atoms with van der Waals surface area (Å²) in [6.45, 7) is 6.26. The van der Waals surface area contributed by atoms with Gasteiger partial charge < -0.3 is 10.6 Å². The molecule has 106 valence electrons. The first kappa shape index (κ1) is 13.6. The molecule has 0 amide bonds. The van der Waals surface area contributed by atoms with Gasteiger partial charge in [-0.1, -0.05) is 0 Å². The molecular weight excluding hydrogens is 272 g/mol. The fourth-order valence-electron chi connectivity index (χ4n) is 2.64. The molecule has 0 saturated carbocycles. The Kier molecular flexibility index (Phi) is 3.76. The van der Waals surface area contributed by atoms with E-state index in [9.17, 15) is 0 Å². The van der Waals surface area contributed by atoms with Crippen LogP contribution in [-0.2, 0) is 0 Å². The molecule has 2 N–H and O–H groups in total. The Balaban J connectivity index is 2.02. The van der Waals surface area contributed by atoms with Crippen molar-refractivity contribution < 1.29 is 0 Å². The molecule has 1 aliphatic rings. The summed E-state index contributed by atoms with van der Waals surface area (Å²) in [5.41, 5.74) is 3.37. The average molecular weight is 291 g/mol. The molecule has 5 heteroatoms. The van der Waals surface area contributed by atoms with Crippen molar-refractivity contribution in [3.8, 4) is 0 Å². The molecular formula is C15H19ClN4. The van der Waals surface area contributed by atoms with Gasteiger partial charge in [-0.2, -0.15) is 0 Å². The summed E-state index contributed by atoms with van der Waals surface area (Å²) in [5, 5.41) is 8.26. The summed E-state index contributed by atoms with van der Waals surface area (Å²) < 4.78 is 0. The quantitative estimate of drug-likeness (QED) is 0.835. The summed E-state index contributed by atoms with van der Waals surface area (Å²) in [4.78, 5) is 8.71. The zero-order chi connectivity index (χ0) is 14.1. The van der Waals surface area contributed by atoms with Crippen LogP contribution in [0.2, 0.25) is 5.28 Å². The van der Waals surface area contributed by atoms with E-state index < -0.39 is 0 Å². The number of aryl methyl sites for hydroxylation is 2. The summed E-state index contributed by atoms with van der Waals surface area (Å²) in [7, 11) is 0. The molecule has 4 nitrogen and oxygen atoms in total. The van der Waals surface area contributed by atoms with Gasteiger partial charge >= 0.3 is 0 Å². The summed E-state index contributed by atoms with van der Waals surface area (Å²) >= 11 is 6.06. The van der Waals surface area contributed by atoms with Crippen LogP contribution in [0.3, 0.4) is 0 Å². The Morgan fingerprint density at radius 3 is 2.80 bits per heavy atom. The number of benzene rings is 1. The highest BCUT2D eigenvalue weighted by Gasteiger charge is 2.16. The summed E-state index contributed by atoms with van der Waals surface area (Å²) in [6.07, 6.45) is 2.34. The maximum absolute atomic E-state index is 6.06. The minimum atomic E-state index is 0.298. The first-order chi connectivity index (χ1) is 9.63.